The summed E-state index contributed by atoms with van der Waals surface area (Å²) in [6, 6.07) is 1.07. The smallest absolute Gasteiger partial charge is 0.0641 e. The Morgan fingerprint density at radius 3 is 2.43 bits per heavy atom. The van der Waals surface area contributed by atoms with Gasteiger partial charge in [0.15, 0.2) is 0 Å². The predicted molar refractivity (Wildman–Crippen MR) is 89.3 cm³/mol. The van der Waals surface area contributed by atoms with Crippen LogP contribution in [0.4, 0.5) is 0 Å². The number of nitrogens with one attached hydrogen (secondary N) is 1. The molecule has 0 aliphatic heterocycles. The number of aryl methyl sites for hydroxylation is 2. The quantitative estimate of drug-likeness (QED) is 0.872. The van der Waals surface area contributed by atoms with Gasteiger partial charge in [0, 0.05) is 30.9 Å². The first-order chi connectivity index (χ1) is 9.83. The molecule has 21 heavy (non-hydrogen) atoms. The summed E-state index contributed by atoms with van der Waals surface area (Å²) in [6.45, 7) is 11.6. The van der Waals surface area contributed by atoms with Gasteiger partial charge in [-0.1, -0.05) is 27.2 Å². The zero-order chi connectivity index (χ0) is 15.6. The second kappa shape index (κ2) is 6.51. The number of aromatic nitrogens is 2. The van der Waals surface area contributed by atoms with Crippen LogP contribution in [0.15, 0.2) is 6.20 Å². The van der Waals surface area contributed by atoms with Crippen LogP contribution in [0.2, 0.25) is 0 Å². The van der Waals surface area contributed by atoms with Crippen LogP contribution in [0, 0.1) is 18.3 Å². The molecule has 0 saturated heterocycles. The van der Waals surface area contributed by atoms with E-state index in [9.17, 15) is 0 Å². The fourth-order valence-corrected chi connectivity index (χ4v) is 3.82. The molecule has 120 valence electrons. The van der Waals surface area contributed by atoms with Gasteiger partial charge in [-0.15, -0.1) is 0 Å². The van der Waals surface area contributed by atoms with Crippen LogP contribution in [0.3, 0.4) is 0 Å². The van der Waals surface area contributed by atoms with Crippen LogP contribution in [-0.2, 0) is 7.05 Å². The van der Waals surface area contributed by atoms with Crippen molar-refractivity contribution in [3.05, 3.63) is 17.5 Å². The van der Waals surface area contributed by atoms with Gasteiger partial charge in [-0.25, -0.2) is 0 Å². The van der Waals surface area contributed by atoms with E-state index in [4.69, 9.17) is 0 Å². The summed E-state index contributed by atoms with van der Waals surface area (Å²) >= 11 is 0. The lowest BCUT2D eigenvalue weighted by molar-refractivity contribution is 0.134. The van der Waals surface area contributed by atoms with E-state index in [0.29, 0.717) is 17.5 Å². The van der Waals surface area contributed by atoms with Crippen molar-refractivity contribution in [1.82, 2.24) is 15.1 Å². The number of hydrogen-bond acceptors (Lipinski definition) is 2. The summed E-state index contributed by atoms with van der Waals surface area (Å²) in [7, 11) is 2.00. The third-order valence-corrected chi connectivity index (χ3v) is 5.75. The molecule has 0 bridgehead atoms. The lowest BCUT2D eigenvalue weighted by Crippen LogP contribution is -2.38. The van der Waals surface area contributed by atoms with E-state index in [2.05, 4.69) is 51.2 Å². The molecule has 1 fully saturated rings. The minimum atomic E-state index is 0.402. The zero-order valence-corrected chi connectivity index (χ0v) is 14.7. The molecule has 0 amide bonds. The zero-order valence-electron chi connectivity index (χ0n) is 14.7. The van der Waals surface area contributed by atoms with E-state index >= 15 is 0 Å². The SMILES string of the molecule is CCC(C)(C)C1CCC(NC(C)c2cn(C)nc2C)CC1. The average Bonchev–Trinajstić information content (AvgIpc) is 2.78. The van der Waals surface area contributed by atoms with Crippen LogP contribution < -0.4 is 5.32 Å². The van der Waals surface area contributed by atoms with E-state index < -0.39 is 0 Å². The molecule has 0 radical (unpaired) electrons. The molecular formula is C18H33N3. The van der Waals surface area contributed by atoms with E-state index in [1.54, 1.807) is 0 Å². The van der Waals surface area contributed by atoms with Crippen molar-refractivity contribution in [2.45, 2.75) is 78.8 Å². The van der Waals surface area contributed by atoms with Gasteiger partial charge in [-0.2, -0.15) is 5.10 Å². The fraction of sp³-hybridized carbons (Fsp3) is 0.833. The molecule has 1 unspecified atom stereocenters. The second-order valence-electron chi connectivity index (χ2n) is 7.62. The Morgan fingerprint density at radius 1 is 1.33 bits per heavy atom. The minimum absolute atomic E-state index is 0.402. The van der Waals surface area contributed by atoms with E-state index in [1.165, 1.54) is 37.7 Å². The monoisotopic (exact) mass is 291 g/mol. The Kier molecular flexibility index (Phi) is 5.13. The Balaban J connectivity index is 1.87. The number of hydrogen-bond donors (Lipinski definition) is 1. The van der Waals surface area contributed by atoms with Crippen molar-refractivity contribution in [2.24, 2.45) is 18.4 Å². The van der Waals surface area contributed by atoms with Crippen molar-refractivity contribution in [3.63, 3.8) is 0 Å². The first kappa shape index (κ1) is 16.5. The molecule has 1 saturated carbocycles. The molecule has 0 spiro atoms. The molecule has 2 rings (SSSR count). The van der Waals surface area contributed by atoms with Crippen LogP contribution in [0.25, 0.3) is 0 Å². The predicted octanol–water partition coefficient (Wildman–Crippen LogP) is 4.37. The molecule has 0 aromatic carbocycles. The second-order valence-corrected chi connectivity index (χ2v) is 7.62. The van der Waals surface area contributed by atoms with Crippen molar-refractivity contribution >= 4 is 0 Å². The van der Waals surface area contributed by atoms with Gasteiger partial charge < -0.3 is 5.32 Å². The van der Waals surface area contributed by atoms with Gasteiger partial charge in [0.25, 0.3) is 0 Å². The molecule has 1 aliphatic rings. The highest BCUT2D eigenvalue weighted by Crippen LogP contribution is 2.40. The summed E-state index contributed by atoms with van der Waals surface area (Å²) in [5, 5.41) is 8.28. The van der Waals surface area contributed by atoms with Crippen molar-refractivity contribution in [1.29, 1.82) is 0 Å². The van der Waals surface area contributed by atoms with Gasteiger partial charge in [0.05, 0.1) is 5.69 Å². The van der Waals surface area contributed by atoms with Crippen LogP contribution in [0.5, 0.6) is 0 Å². The molecular weight excluding hydrogens is 258 g/mol. The highest BCUT2D eigenvalue weighted by Gasteiger charge is 2.32. The average molecular weight is 291 g/mol. The lowest BCUT2D eigenvalue weighted by atomic mass is 9.69. The molecule has 1 N–H and O–H groups in total. The maximum atomic E-state index is 4.46. The Bertz CT molecular complexity index is 453. The summed E-state index contributed by atoms with van der Waals surface area (Å²) in [4.78, 5) is 0. The first-order valence-electron chi connectivity index (χ1n) is 8.59. The van der Waals surface area contributed by atoms with E-state index in [-0.39, 0.29) is 0 Å². The molecule has 1 atom stereocenters. The van der Waals surface area contributed by atoms with E-state index in [1.807, 2.05) is 11.7 Å². The van der Waals surface area contributed by atoms with Crippen molar-refractivity contribution < 1.29 is 0 Å². The normalized spacial score (nSPS) is 25.0. The maximum absolute atomic E-state index is 4.46. The van der Waals surface area contributed by atoms with E-state index in [0.717, 1.165) is 11.6 Å². The maximum Gasteiger partial charge on any atom is 0.0641 e. The lowest BCUT2D eigenvalue weighted by Gasteiger charge is -2.39. The Hall–Kier alpha value is -0.830. The molecule has 1 aliphatic carbocycles. The Labute approximate surface area is 130 Å². The summed E-state index contributed by atoms with van der Waals surface area (Å²) in [5.74, 6) is 0.899. The standard InChI is InChI=1S/C18H33N3/c1-7-18(4,5)15-8-10-16(11-9-15)19-13(2)17-12-21(6)20-14(17)3/h12-13,15-16,19H,7-11H2,1-6H3. The fourth-order valence-electron chi connectivity index (χ4n) is 3.82. The largest absolute Gasteiger partial charge is 0.307 e. The highest BCUT2D eigenvalue weighted by molar-refractivity contribution is 5.19. The molecule has 1 aromatic rings. The molecule has 1 aromatic heterocycles. The van der Waals surface area contributed by atoms with Crippen LogP contribution >= 0.6 is 0 Å². The van der Waals surface area contributed by atoms with Gasteiger partial charge in [-0.05, 0) is 50.9 Å². The van der Waals surface area contributed by atoms with Gasteiger partial charge in [-0.3, -0.25) is 4.68 Å². The van der Waals surface area contributed by atoms with Crippen molar-refractivity contribution in [3.8, 4) is 0 Å². The third-order valence-electron chi connectivity index (χ3n) is 5.75. The number of nitrogens with zero attached hydrogens (tertiary/aromatic N) is 2. The summed E-state index contributed by atoms with van der Waals surface area (Å²) in [6.07, 6.45) is 8.82. The van der Waals surface area contributed by atoms with Gasteiger partial charge in [0.1, 0.15) is 0 Å². The Morgan fingerprint density at radius 2 is 1.95 bits per heavy atom. The third kappa shape index (κ3) is 3.88. The molecule has 3 heteroatoms. The number of rotatable bonds is 5. The van der Waals surface area contributed by atoms with Crippen LogP contribution in [-0.4, -0.2) is 15.8 Å². The summed E-state index contributed by atoms with van der Waals surface area (Å²) in [5.41, 5.74) is 3.00. The topological polar surface area (TPSA) is 29.9 Å². The van der Waals surface area contributed by atoms with Gasteiger partial charge >= 0.3 is 0 Å². The first-order valence-corrected chi connectivity index (χ1v) is 8.59. The minimum Gasteiger partial charge on any atom is -0.307 e. The van der Waals surface area contributed by atoms with Crippen molar-refractivity contribution in [2.75, 3.05) is 0 Å². The highest BCUT2D eigenvalue weighted by atomic mass is 15.3. The van der Waals surface area contributed by atoms with Crippen LogP contribution in [0.1, 0.15) is 77.1 Å². The molecule has 3 nitrogen and oxygen atoms in total. The summed E-state index contributed by atoms with van der Waals surface area (Å²) < 4.78 is 1.92. The molecule has 1 heterocycles. The van der Waals surface area contributed by atoms with Gasteiger partial charge in [0.2, 0.25) is 0 Å².